The summed E-state index contributed by atoms with van der Waals surface area (Å²) in [5.74, 6) is 0.258. The molecule has 0 aromatic heterocycles. The number of benzene rings is 1. The van der Waals surface area contributed by atoms with Crippen LogP contribution < -0.4 is 0 Å². The van der Waals surface area contributed by atoms with Crippen LogP contribution in [0.1, 0.15) is 25.0 Å². The van der Waals surface area contributed by atoms with Crippen molar-refractivity contribution >= 4 is 11.4 Å². The van der Waals surface area contributed by atoms with Crippen molar-refractivity contribution in [2.75, 3.05) is 0 Å². The molecule has 0 unspecified atom stereocenters. The number of hydrogen-bond acceptors (Lipinski definition) is 4. The van der Waals surface area contributed by atoms with Crippen molar-refractivity contribution in [3.05, 3.63) is 43.5 Å². The van der Waals surface area contributed by atoms with Gasteiger partial charge in [-0.1, -0.05) is 13.8 Å². The van der Waals surface area contributed by atoms with Gasteiger partial charge in [-0.05, 0) is 24.8 Å². The number of hydrogen-bond donors (Lipinski definition) is 0. The normalized spacial score (nSPS) is 10.6. The van der Waals surface area contributed by atoms with Gasteiger partial charge in [0, 0.05) is 11.6 Å². The summed E-state index contributed by atoms with van der Waals surface area (Å²) >= 11 is 0. The Balaban J connectivity index is 3.38. The summed E-state index contributed by atoms with van der Waals surface area (Å²) in [6.07, 6.45) is 0.542. The van der Waals surface area contributed by atoms with Crippen LogP contribution in [0, 0.1) is 33.1 Å². The van der Waals surface area contributed by atoms with Crippen LogP contribution in [-0.2, 0) is 6.42 Å². The minimum Gasteiger partial charge on any atom is -0.258 e. The Bertz CT molecular complexity index is 469. The van der Waals surface area contributed by atoms with Gasteiger partial charge in [0.25, 0.3) is 11.4 Å². The van der Waals surface area contributed by atoms with E-state index in [1.165, 1.54) is 6.07 Å². The quantitative estimate of drug-likeness (QED) is 0.595. The van der Waals surface area contributed by atoms with Crippen LogP contribution in [0.15, 0.2) is 12.1 Å². The highest BCUT2D eigenvalue weighted by Gasteiger charge is 2.22. The predicted molar refractivity (Wildman–Crippen MR) is 63.0 cm³/mol. The number of nitro groups is 2. The van der Waals surface area contributed by atoms with Gasteiger partial charge >= 0.3 is 0 Å². The maximum atomic E-state index is 10.9. The first-order valence-corrected chi connectivity index (χ1v) is 5.25. The van der Waals surface area contributed by atoms with E-state index >= 15 is 0 Å². The van der Waals surface area contributed by atoms with Gasteiger partial charge in [0.15, 0.2) is 0 Å². The van der Waals surface area contributed by atoms with E-state index in [-0.39, 0.29) is 17.3 Å². The number of aryl methyl sites for hydroxylation is 1. The van der Waals surface area contributed by atoms with Gasteiger partial charge in [0.05, 0.1) is 15.9 Å². The van der Waals surface area contributed by atoms with Crippen LogP contribution in [-0.4, -0.2) is 9.85 Å². The zero-order valence-electron chi connectivity index (χ0n) is 9.97. The molecule has 0 saturated carbocycles. The molecule has 92 valence electrons. The molecule has 0 spiro atoms. The second-order valence-corrected chi connectivity index (χ2v) is 4.37. The van der Waals surface area contributed by atoms with Crippen molar-refractivity contribution in [2.45, 2.75) is 27.2 Å². The maximum absolute atomic E-state index is 10.9. The fraction of sp³-hybridized carbons (Fsp3) is 0.455. The standard InChI is InChI=1S/C11H14N2O4/c1-7(2)4-10-8(3)5-9(12(14)15)6-11(10)13(16)17/h5-7H,4H2,1-3H3. The molecule has 0 heterocycles. The highest BCUT2D eigenvalue weighted by atomic mass is 16.6. The SMILES string of the molecule is Cc1cc([N+](=O)[O-])cc([N+](=O)[O-])c1CC(C)C. The van der Waals surface area contributed by atoms with E-state index in [1.807, 2.05) is 13.8 Å². The lowest BCUT2D eigenvalue weighted by Gasteiger charge is -2.09. The molecule has 0 aliphatic rings. The molecule has 1 rings (SSSR count). The van der Waals surface area contributed by atoms with E-state index in [9.17, 15) is 20.2 Å². The van der Waals surface area contributed by atoms with Crippen molar-refractivity contribution in [2.24, 2.45) is 5.92 Å². The van der Waals surface area contributed by atoms with Gasteiger partial charge in [0.1, 0.15) is 0 Å². The van der Waals surface area contributed by atoms with Crippen molar-refractivity contribution in [3.8, 4) is 0 Å². The zero-order valence-corrected chi connectivity index (χ0v) is 9.97. The molecule has 6 heteroatoms. The van der Waals surface area contributed by atoms with E-state index in [2.05, 4.69) is 0 Å². The molecule has 0 N–H and O–H groups in total. The minimum atomic E-state index is -0.612. The van der Waals surface area contributed by atoms with Crippen LogP contribution in [0.4, 0.5) is 11.4 Å². The van der Waals surface area contributed by atoms with Crippen LogP contribution >= 0.6 is 0 Å². The summed E-state index contributed by atoms with van der Waals surface area (Å²) in [6.45, 7) is 5.56. The second kappa shape index (κ2) is 4.90. The highest BCUT2D eigenvalue weighted by Crippen LogP contribution is 2.30. The highest BCUT2D eigenvalue weighted by molar-refractivity contribution is 5.53. The molecular formula is C11H14N2O4. The van der Waals surface area contributed by atoms with Crippen molar-refractivity contribution < 1.29 is 9.85 Å². The third-order valence-corrected chi connectivity index (χ3v) is 2.45. The van der Waals surface area contributed by atoms with Crippen LogP contribution in [0.25, 0.3) is 0 Å². The summed E-state index contributed by atoms with van der Waals surface area (Å²) in [5, 5.41) is 21.6. The summed E-state index contributed by atoms with van der Waals surface area (Å²) in [6, 6.07) is 2.41. The molecule has 0 fully saturated rings. The largest absolute Gasteiger partial charge is 0.279 e. The molecule has 1 aromatic carbocycles. The first-order valence-electron chi connectivity index (χ1n) is 5.25. The first-order chi connectivity index (χ1) is 7.82. The van der Waals surface area contributed by atoms with Crippen LogP contribution in [0.5, 0.6) is 0 Å². The average molecular weight is 238 g/mol. The molecule has 0 saturated heterocycles. The minimum absolute atomic E-state index is 0.162. The van der Waals surface area contributed by atoms with E-state index in [1.54, 1.807) is 6.92 Å². The first kappa shape index (κ1) is 13.1. The second-order valence-electron chi connectivity index (χ2n) is 4.37. The van der Waals surface area contributed by atoms with Gasteiger partial charge < -0.3 is 0 Å². The fourth-order valence-electron chi connectivity index (χ4n) is 1.72. The van der Waals surface area contributed by atoms with Gasteiger partial charge in [-0.25, -0.2) is 0 Å². The molecule has 0 radical (unpaired) electrons. The lowest BCUT2D eigenvalue weighted by atomic mass is 9.96. The van der Waals surface area contributed by atoms with Crippen LogP contribution in [0.2, 0.25) is 0 Å². The van der Waals surface area contributed by atoms with E-state index in [4.69, 9.17) is 0 Å². The average Bonchev–Trinajstić information content (AvgIpc) is 2.19. The topological polar surface area (TPSA) is 86.3 Å². The zero-order chi connectivity index (χ0) is 13.2. The Hall–Kier alpha value is -1.98. The maximum Gasteiger partial charge on any atom is 0.279 e. The third kappa shape index (κ3) is 2.99. The molecule has 0 bridgehead atoms. The lowest BCUT2D eigenvalue weighted by Crippen LogP contribution is -2.04. The van der Waals surface area contributed by atoms with E-state index < -0.39 is 9.85 Å². The third-order valence-electron chi connectivity index (χ3n) is 2.45. The molecule has 1 aromatic rings. The Kier molecular flexibility index (Phi) is 3.77. The monoisotopic (exact) mass is 238 g/mol. The molecule has 0 atom stereocenters. The number of nitro benzene ring substituents is 2. The Morgan fingerprint density at radius 2 is 1.76 bits per heavy atom. The van der Waals surface area contributed by atoms with E-state index in [0.29, 0.717) is 17.5 Å². The van der Waals surface area contributed by atoms with E-state index in [0.717, 1.165) is 6.07 Å². The lowest BCUT2D eigenvalue weighted by molar-refractivity contribution is -0.394. The van der Waals surface area contributed by atoms with Crippen molar-refractivity contribution in [1.29, 1.82) is 0 Å². The van der Waals surface area contributed by atoms with Crippen LogP contribution in [0.3, 0.4) is 0 Å². The number of nitrogens with zero attached hydrogens (tertiary/aromatic N) is 2. The number of non-ortho nitro benzene ring substituents is 1. The molecule has 0 amide bonds. The Labute approximate surface area is 98.6 Å². The molecular weight excluding hydrogens is 224 g/mol. The van der Waals surface area contributed by atoms with Gasteiger partial charge in [-0.15, -0.1) is 0 Å². The van der Waals surface area contributed by atoms with Gasteiger partial charge in [-0.2, -0.15) is 0 Å². The van der Waals surface area contributed by atoms with Crippen molar-refractivity contribution in [1.82, 2.24) is 0 Å². The molecule has 6 nitrogen and oxygen atoms in total. The molecule has 17 heavy (non-hydrogen) atoms. The van der Waals surface area contributed by atoms with Crippen molar-refractivity contribution in [3.63, 3.8) is 0 Å². The Morgan fingerprint density at radius 1 is 1.18 bits per heavy atom. The van der Waals surface area contributed by atoms with Gasteiger partial charge in [-0.3, -0.25) is 20.2 Å². The smallest absolute Gasteiger partial charge is 0.258 e. The number of rotatable bonds is 4. The summed E-state index contributed by atoms with van der Waals surface area (Å²) in [7, 11) is 0. The summed E-state index contributed by atoms with van der Waals surface area (Å²) in [5.41, 5.74) is 0.780. The van der Waals surface area contributed by atoms with Gasteiger partial charge in [0.2, 0.25) is 0 Å². The predicted octanol–water partition coefficient (Wildman–Crippen LogP) is 3.01. The summed E-state index contributed by atoms with van der Waals surface area (Å²) in [4.78, 5) is 20.4. The molecule has 0 aliphatic heterocycles. The molecule has 0 aliphatic carbocycles. The Morgan fingerprint density at radius 3 is 2.18 bits per heavy atom. The summed E-state index contributed by atoms with van der Waals surface area (Å²) < 4.78 is 0. The fourth-order valence-corrected chi connectivity index (χ4v) is 1.72.